The number of rotatable bonds is 2. The second kappa shape index (κ2) is 3.99. The van der Waals surface area contributed by atoms with Crippen LogP contribution in [0, 0.1) is 34.1 Å². The molecule has 0 bridgehead atoms. The zero-order chi connectivity index (χ0) is 15.4. The molecular formula is C12H13N3O5. The van der Waals surface area contributed by atoms with Crippen LogP contribution in [0.3, 0.4) is 0 Å². The van der Waals surface area contributed by atoms with Crippen LogP contribution in [0.2, 0.25) is 0 Å². The third kappa shape index (κ3) is 1.57. The van der Waals surface area contributed by atoms with Crippen molar-refractivity contribution in [2.75, 3.05) is 5.32 Å². The summed E-state index contributed by atoms with van der Waals surface area (Å²) in [6.45, 7) is 5.94. The molecule has 0 spiro atoms. The van der Waals surface area contributed by atoms with Gasteiger partial charge in [-0.2, -0.15) is 0 Å². The molecule has 0 fully saturated rings. The number of fused-ring (bicyclic) bond motifs is 1. The molecule has 106 valence electrons. The maximum atomic E-state index is 12.0. The van der Waals surface area contributed by atoms with E-state index in [1.54, 1.807) is 13.8 Å². The minimum Gasteiger partial charge on any atom is -0.324 e. The minimum atomic E-state index is -1.09. The van der Waals surface area contributed by atoms with Crippen LogP contribution < -0.4 is 5.32 Å². The Kier molecular flexibility index (Phi) is 2.78. The van der Waals surface area contributed by atoms with Gasteiger partial charge in [0.15, 0.2) is 0 Å². The van der Waals surface area contributed by atoms with E-state index in [-0.39, 0.29) is 33.8 Å². The third-order valence-corrected chi connectivity index (χ3v) is 3.72. The number of nitrogens with zero attached hydrogens (tertiary/aromatic N) is 2. The molecule has 1 N–H and O–H groups in total. The summed E-state index contributed by atoms with van der Waals surface area (Å²) in [4.78, 5) is 33.1. The summed E-state index contributed by atoms with van der Waals surface area (Å²) in [5, 5.41) is 25.0. The van der Waals surface area contributed by atoms with Crippen LogP contribution >= 0.6 is 0 Å². The van der Waals surface area contributed by atoms with Crippen molar-refractivity contribution in [2.45, 2.75) is 33.1 Å². The fourth-order valence-corrected chi connectivity index (χ4v) is 2.66. The van der Waals surface area contributed by atoms with E-state index in [1.807, 2.05) is 0 Å². The number of nitro groups is 2. The average molecular weight is 279 g/mol. The number of hydrogen-bond acceptors (Lipinski definition) is 5. The number of amides is 1. The highest BCUT2D eigenvalue weighted by molar-refractivity contribution is 6.09. The maximum Gasteiger partial charge on any atom is 0.285 e. The molecule has 0 aromatic heterocycles. The van der Waals surface area contributed by atoms with E-state index in [0.29, 0.717) is 0 Å². The van der Waals surface area contributed by atoms with Crippen LogP contribution in [0.4, 0.5) is 17.1 Å². The van der Waals surface area contributed by atoms with E-state index >= 15 is 0 Å². The topological polar surface area (TPSA) is 115 Å². The lowest BCUT2D eigenvalue weighted by molar-refractivity contribution is -0.396. The van der Waals surface area contributed by atoms with Crippen molar-refractivity contribution in [1.29, 1.82) is 0 Å². The fourth-order valence-electron chi connectivity index (χ4n) is 2.66. The number of anilines is 1. The van der Waals surface area contributed by atoms with Crippen LogP contribution in [0.15, 0.2) is 0 Å². The van der Waals surface area contributed by atoms with Crippen molar-refractivity contribution < 1.29 is 14.6 Å². The Bertz CT molecular complexity index is 678. The van der Waals surface area contributed by atoms with Gasteiger partial charge in [0.2, 0.25) is 5.91 Å². The predicted molar refractivity (Wildman–Crippen MR) is 70.9 cm³/mol. The molecule has 0 saturated carbocycles. The molecule has 1 amide bonds. The zero-order valence-corrected chi connectivity index (χ0v) is 11.4. The minimum absolute atomic E-state index is 0.0270. The van der Waals surface area contributed by atoms with E-state index in [0.717, 1.165) is 0 Å². The van der Waals surface area contributed by atoms with Gasteiger partial charge in [-0.1, -0.05) is 0 Å². The van der Waals surface area contributed by atoms with Crippen molar-refractivity contribution in [3.05, 3.63) is 36.9 Å². The van der Waals surface area contributed by atoms with Crippen molar-refractivity contribution in [3.8, 4) is 0 Å². The van der Waals surface area contributed by atoms with Gasteiger partial charge in [0.05, 0.1) is 32.1 Å². The molecule has 0 atom stereocenters. The Hall–Kier alpha value is -2.51. The molecule has 1 heterocycles. The lowest BCUT2D eigenvalue weighted by Crippen LogP contribution is -2.27. The first-order valence-corrected chi connectivity index (χ1v) is 5.88. The van der Waals surface area contributed by atoms with Gasteiger partial charge in [-0.25, -0.2) is 0 Å². The number of nitrogens with one attached hydrogen (secondary N) is 1. The fraction of sp³-hybridized carbons (Fsp3) is 0.417. The van der Waals surface area contributed by atoms with Crippen LogP contribution in [0.25, 0.3) is 0 Å². The van der Waals surface area contributed by atoms with E-state index in [9.17, 15) is 25.0 Å². The number of nitro benzene ring substituents is 2. The predicted octanol–water partition coefficient (Wildman–Crippen LogP) is 2.35. The molecule has 1 aliphatic heterocycles. The van der Waals surface area contributed by atoms with Crippen LogP contribution in [0.5, 0.6) is 0 Å². The van der Waals surface area contributed by atoms with Gasteiger partial charge in [0.25, 0.3) is 11.4 Å². The van der Waals surface area contributed by atoms with Gasteiger partial charge in [0.1, 0.15) is 5.56 Å². The summed E-state index contributed by atoms with van der Waals surface area (Å²) in [6.07, 6.45) is 0. The summed E-state index contributed by atoms with van der Waals surface area (Å²) in [5.74, 6) is -0.404. The van der Waals surface area contributed by atoms with Gasteiger partial charge in [0, 0.05) is 0 Å². The Morgan fingerprint density at radius 2 is 1.50 bits per heavy atom. The first-order chi connectivity index (χ1) is 9.10. The number of benzene rings is 1. The Morgan fingerprint density at radius 1 is 1.00 bits per heavy atom. The normalized spacial score (nSPS) is 15.7. The largest absolute Gasteiger partial charge is 0.324 e. The smallest absolute Gasteiger partial charge is 0.285 e. The van der Waals surface area contributed by atoms with Gasteiger partial charge in [-0.05, 0) is 27.7 Å². The molecular weight excluding hydrogens is 266 g/mol. The maximum absolute atomic E-state index is 12.0. The van der Waals surface area contributed by atoms with Crippen molar-refractivity contribution in [2.24, 2.45) is 0 Å². The number of hydrogen-bond donors (Lipinski definition) is 1. The standard InChI is InChI=1S/C12H13N3O5/c1-5-8-7(12(3,4)11(16)13-8)10(15(19)20)6(2)9(5)14(17)18/h1-4H3,(H,13,16). The Labute approximate surface area is 114 Å². The lowest BCUT2D eigenvalue weighted by atomic mass is 9.82. The molecule has 1 aromatic carbocycles. The highest BCUT2D eigenvalue weighted by Crippen LogP contribution is 2.49. The molecule has 0 saturated heterocycles. The van der Waals surface area contributed by atoms with E-state index < -0.39 is 21.2 Å². The highest BCUT2D eigenvalue weighted by Gasteiger charge is 2.48. The molecule has 0 unspecified atom stereocenters. The van der Waals surface area contributed by atoms with Gasteiger partial charge < -0.3 is 5.32 Å². The molecule has 2 rings (SSSR count). The van der Waals surface area contributed by atoms with Crippen LogP contribution in [-0.2, 0) is 10.2 Å². The second-order valence-electron chi connectivity index (χ2n) is 5.29. The summed E-state index contributed by atoms with van der Waals surface area (Å²) in [6, 6.07) is 0. The average Bonchev–Trinajstić information content (AvgIpc) is 2.52. The van der Waals surface area contributed by atoms with E-state index in [2.05, 4.69) is 5.32 Å². The van der Waals surface area contributed by atoms with E-state index in [4.69, 9.17) is 0 Å². The van der Waals surface area contributed by atoms with Crippen molar-refractivity contribution in [1.82, 2.24) is 0 Å². The van der Waals surface area contributed by atoms with E-state index in [1.165, 1.54) is 13.8 Å². The van der Waals surface area contributed by atoms with Crippen molar-refractivity contribution >= 4 is 23.0 Å². The number of carbonyl (C=O) groups excluding carboxylic acids is 1. The summed E-state index contributed by atoms with van der Waals surface area (Å²) in [5.41, 5.74) is -1.17. The van der Waals surface area contributed by atoms with Gasteiger partial charge >= 0.3 is 0 Å². The first-order valence-electron chi connectivity index (χ1n) is 5.88. The summed E-state index contributed by atoms with van der Waals surface area (Å²) >= 11 is 0. The lowest BCUT2D eigenvalue weighted by Gasteiger charge is -2.16. The molecule has 1 aliphatic rings. The Balaban J connectivity index is 3.00. The summed E-state index contributed by atoms with van der Waals surface area (Å²) in [7, 11) is 0. The zero-order valence-electron chi connectivity index (χ0n) is 11.4. The molecule has 0 radical (unpaired) electrons. The van der Waals surface area contributed by atoms with Gasteiger partial charge in [-0.15, -0.1) is 0 Å². The Morgan fingerprint density at radius 3 is 1.95 bits per heavy atom. The second-order valence-corrected chi connectivity index (χ2v) is 5.29. The SMILES string of the molecule is Cc1c2c(c([N+](=O)[O-])c(C)c1[N+](=O)[O-])C(C)(C)C(=O)N2. The molecule has 20 heavy (non-hydrogen) atoms. The quantitative estimate of drug-likeness (QED) is 0.658. The van der Waals surface area contributed by atoms with Crippen LogP contribution in [0.1, 0.15) is 30.5 Å². The molecule has 1 aromatic rings. The molecule has 8 nitrogen and oxygen atoms in total. The monoisotopic (exact) mass is 279 g/mol. The first kappa shape index (κ1) is 13.9. The van der Waals surface area contributed by atoms with Crippen molar-refractivity contribution in [3.63, 3.8) is 0 Å². The molecule has 0 aliphatic carbocycles. The molecule has 8 heteroatoms. The summed E-state index contributed by atoms with van der Waals surface area (Å²) < 4.78 is 0. The number of carbonyl (C=O) groups is 1. The van der Waals surface area contributed by atoms with Crippen LogP contribution in [-0.4, -0.2) is 15.8 Å². The third-order valence-electron chi connectivity index (χ3n) is 3.72. The van der Waals surface area contributed by atoms with Gasteiger partial charge in [-0.3, -0.25) is 25.0 Å². The highest BCUT2D eigenvalue weighted by atomic mass is 16.6.